The Bertz CT molecular complexity index is 775. The van der Waals surface area contributed by atoms with Gasteiger partial charge in [0.15, 0.2) is 0 Å². The zero-order chi connectivity index (χ0) is 17.3. The van der Waals surface area contributed by atoms with Gasteiger partial charge in [-0.05, 0) is 36.2 Å². The molecule has 5 heteroatoms. The summed E-state index contributed by atoms with van der Waals surface area (Å²) in [7, 11) is 1.68. The molecule has 0 bridgehead atoms. The molecule has 2 aliphatic rings. The molecular weight excluding hydrogens is 314 g/mol. The van der Waals surface area contributed by atoms with Crippen molar-refractivity contribution >= 4 is 17.3 Å². The van der Waals surface area contributed by atoms with Gasteiger partial charge in [-0.1, -0.05) is 24.3 Å². The molecule has 0 saturated carbocycles. The van der Waals surface area contributed by atoms with Gasteiger partial charge < -0.3 is 15.4 Å². The molecule has 2 aromatic rings. The highest BCUT2D eigenvalue weighted by Crippen LogP contribution is 2.36. The second-order valence-electron chi connectivity index (χ2n) is 6.98. The van der Waals surface area contributed by atoms with E-state index in [1.807, 2.05) is 36.4 Å². The fourth-order valence-corrected chi connectivity index (χ4v) is 3.86. The van der Waals surface area contributed by atoms with Crippen LogP contribution in [0.5, 0.6) is 5.75 Å². The highest BCUT2D eigenvalue weighted by atomic mass is 16.5. The zero-order valence-corrected chi connectivity index (χ0v) is 14.4. The van der Waals surface area contributed by atoms with Gasteiger partial charge in [-0.3, -0.25) is 9.69 Å². The number of hydrogen-bond acceptors (Lipinski definition) is 4. The third kappa shape index (κ3) is 3.33. The van der Waals surface area contributed by atoms with Gasteiger partial charge in [-0.15, -0.1) is 0 Å². The number of likely N-dealkylation sites (tertiary alicyclic amines) is 1. The Kier molecular flexibility index (Phi) is 4.09. The van der Waals surface area contributed by atoms with E-state index in [9.17, 15) is 4.79 Å². The van der Waals surface area contributed by atoms with E-state index >= 15 is 0 Å². The number of rotatable bonds is 3. The van der Waals surface area contributed by atoms with Crippen LogP contribution in [0.25, 0.3) is 0 Å². The summed E-state index contributed by atoms with van der Waals surface area (Å²) in [5, 5.41) is 6.67. The Hall–Kier alpha value is -2.53. The minimum Gasteiger partial charge on any atom is -0.497 e. The van der Waals surface area contributed by atoms with Crippen LogP contribution in [0.3, 0.4) is 0 Å². The lowest BCUT2D eigenvalue weighted by Gasteiger charge is -2.29. The van der Waals surface area contributed by atoms with E-state index in [-0.39, 0.29) is 11.4 Å². The second kappa shape index (κ2) is 6.41. The van der Waals surface area contributed by atoms with Crippen LogP contribution in [0, 0.1) is 0 Å². The quantitative estimate of drug-likeness (QED) is 0.904. The first-order valence-corrected chi connectivity index (χ1v) is 8.68. The Morgan fingerprint density at radius 2 is 1.88 bits per heavy atom. The van der Waals surface area contributed by atoms with Gasteiger partial charge in [0.1, 0.15) is 5.75 Å². The molecule has 5 nitrogen and oxygen atoms in total. The maximum Gasteiger partial charge on any atom is 0.226 e. The number of anilines is 2. The van der Waals surface area contributed by atoms with Crippen LogP contribution in [0.15, 0.2) is 48.5 Å². The number of methoxy groups -OCH3 is 1. The van der Waals surface area contributed by atoms with Gasteiger partial charge in [0.25, 0.3) is 0 Å². The number of nitrogens with zero attached hydrogens (tertiary/aromatic N) is 1. The van der Waals surface area contributed by atoms with E-state index in [4.69, 9.17) is 4.74 Å². The normalized spacial score (nSPS) is 22.8. The van der Waals surface area contributed by atoms with Gasteiger partial charge in [0.05, 0.1) is 30.4 Å². The summed E-state index contributed by atoms with van der Waals surface area (Å²) in [6.45, 7) is 2.73. The van der Waals surface area contributed by atoms with E-state index in [1.54, 1.807) is 7.11 Å². The standard InChI is InChI=1S/C20H23N3O2/c1-25-16-8-6-15(7-9-16)13-23-11-10-20(14-23)12-19(24)21-17-4-2-3-5-18(17)22-20/h2-9,22H,10-14H2,1H3,(H,21,24). The molecule has 130 valence electrons. The third-order valence-electron chi connectivity index (χ3n) is 5.10. The fraction of sp³-hybridized carbons (Fsp3) is 0.350. The second-order valence-corrected chi connectivity index (χ2v) is 6.98. The monoisotopic (exact) mass is 337 g/mol. The predicted molar refractivity (Wildman–Crippen MR) is 98.9 cm³/mol. The highest BCUT2D eigenvalue weighted by Gasteiger charge is 2.41. The molecule has 0 aromatic heterocycles. The number of carbonyl (C=O) groups excluding carboxylic acids is 1. The summed E-state index contributed by atoms with van der Waals surface area (Å²) in [6.07, 6.45) is 1.46. The molecule has 1 fully saturated rings. The molecule has 0 aliphatic carbocycles. The van der Waals surface area contributed by atoms with Gasteiger partial charge >= 0.3 is 0 Å². The van der Waals surface area contributed by atoms with E-state index < -0.39 is 0 Å². The molecule has 1 spiro atoms. The lowest BCUT2D eigenvalue weighted by atomic mass is 9.93. The van der Waals surface area contributed by atoms with Crippen molar-refractivity contribution < 1.29 is 9.53 Å². The first kappa shape index (κ1) is 16.0. The molecular formula is C20H23N3O2. The lowest BCUT2D eigenvalue weighted by molar-refractivity contribution is -0.117. The summed E-state index contributed by atoms with van der Waals surface area (Å²) in [5.74, 6) is 0.962. The van der Waals surface area contributed by atoms with Crippen molar-refractivity contribution in [1.29, 1.82) is 0 Å². The van der Waals surface area contributed by atoms with E-state index in [1.165, 1.54) is 5.56 Å². The predicted octanol–water partition coefficient (Wildman–Crippen LogP) is 3.09. The van der Waals surface area contributed by atoms with Crippen molar-refractivity contribution in [2.75, 3.05) is 30.8 Å². The third-order valence-corrected chi connectivity index (χ3v) is 5.10. The van der Waals surface area contributed by atoms with Gasteiger partial charge in [-0.25, -0.2) is 0 Å². The minimum atomic E-state index is -0.191. The number of nitrogens with one attached hydrogen (secondary N) is 2. The molecule has 25 heavy (non-hydrogen) atoms. The van der Waals surface area contributed by atoms with Crippen molar-refractivity contribution in [1.82, 2.24) is 4.90 Å². The van der Waals surface area contributed by atoms with Crippen LogP contribution in [0.1, 0.15) is 18.4 Å². The van der Waals surface area contributed by atoms with Crippen LogP contribution in [0.4, 0.5) is 11.4 Å². The number of hydrogen-bond donors (Lipinski definition) is 2. The average molecular weight is 337 g/mol. The number of amides is 1. The minimum absolute atomic E-state index is 0.0868. The number of fused-ring (bicyclic) bond motifs is 1. The molecule has 1 unspecified atom stereocenters. The molecule has 4 rings (SSSR count). The van der Waals surface area contributed by atoms with Gasteiger partial charge in [-0.2, -0.15) is 0 Å². The fourth-order valence-electron chi connectivity index (χ4n) is 3.86. The molecule has 2 heterocycles. The summed E-state index contributed by atoms with van der Waals surface area (Å²) in [4.78, 5) is 14.8. The number of benzene rings is 2. The summed E-state index contributed by atoms with van der Waals surface area (Å²) in [6, 6.07) is 16.1. The van der Waals surface area contributed by atoms with Crippen molar-refractivity contribution in [3.05, 3.63) is 54.1 Å². The Balaban J connectivity index is 1.49. The Labute approximate surface area is 148 Å². The van der Waals surface area contributed by atoms with Crippen LogP contribution >= 0.6 is 0 Å². The first-order valence-electron chi connectivity index (χ1n) is 8.68. The van der Waals surface area contributed by atoms with E-state index in [0.717, 1.165) is 43.2 Å². The molecule has 1 saturated heterocycles. The summed E-state index contributed by atoms with van der Waals surface area (Å²) in [5.41, 5.74) is 2.96. The summed E-state index contributed by atoms with van der Waals surface area (Å²) >= 11 is 0. The Morgan fingerprint density at radius 3 is 2.64 bits per heavy atom. The molecule has 2 aliphatic heterocycles. The number of ether oxygens (including phenoxy) is 1. The zero-order valence-electron chi connectivity index (χ0n) is 14.4. The smallest absolute Gasteiger partial charge is 0.226 e. The SMILES string of the molecule is COc1ccc(CN2CCC3(CC(=O)Nc4ccccc4N3)C2)cc1. The van der Waals surface area contributed by atoms with Gasteiger partial charge in [0, 0.05) is 19.6 Å². The highest BCUT2D eigenvalue weighted by molar-refractivity contribution is 5.97. The average Bonchev–Trinajstić information content (AvgIpc) is 2.92. The van der Waals surface area contributed by atoms with E-state index in [0.29, 0.717) is 6.42 Å². The van der Waals surface area contributed by atoms with Gasteiger partial charge in [0.2, 0.25) is 5.91 Å². The molecule has 2 N–H and O–H groups in total. The van der Waals surface area contributed by atoms with Crippen LogP contribution in [-0.2, 0) is 11.3 Å². The van der Waals surface area contributed by atoms with Crippen molar-refractivity contribution in [3.8, 4) is 5.75 Å². The largest absolute Gasteiger partial charge is 0.497 e. The molecule has 2 aromatic carbocycles. The molecule has 0 radical (unpaired) electrons. The first-order chi connectivity index (χ1) is 12.2. The van der Waals surface area contributed by atoms with Crippen molar-refractivity contribution in [2.24, 2.45) is 0 Å². The van der Waals surface area contributed by atoms with Crippen molar-refractivity contribution in [3.63, 3.8) is 0 Å². The lowest BCUT2D eigenvalue weighted by Crippen LogP contribution is -2.42. The van der Waals surface area contributed by atoms with Crippen molar-refractivity contribution in [2.45, 2.75) is 24.9 Å². The van der Waals surface area contributed by atoms with Crippen LogP contribution in [0.2, 0.25) is 0 Å². The number of para-hydroxylation sites is 2. The topological polar surface area (TPSA) is 53.6 Å². The van der Waals surface area contributed by atoms with Crippen LogP contribution < -0.4 is 15.4 Å². The van der Waals surface area contributed by atoms with E-state index in [2.05, 4.69) is 27.7 Å². The molecule has 1 atom stereocenters. The maximum absolute atomic E-state index is 12.4. The molecule has 1 amide bonds. The summed E-state index contributed by atoms with van der Waals surface area (Å²) < 4.78 is 5.22. The van der Waals surface area contributed by atoms with Crippen LogP contribution in [-0.4, -0.2) is 36.5 Å². The maximum atomic E-state index is 12.4. The number of carbonyl (C=O) groups is 1. The Morgan fingerprint density at radius 1 is 1.12 bits per heavy atom.